The van der Waals surface area contributed by atoms with Gasteiger partial charge in [0.25, 0.3) is 5.91 Å². The second-order valence-electron chi connectivity index (χ2n) is 6.85. The van der Waals surface area contributed by atoms with Crippen molar-refractivity contribution < 1.29 is 18.3 Å². The summed E-state index contributed by atoms with van der Waals surface area (Å²) in [5.74, 6) is -0.273. The van der Waals surface area contributed by atoms with E-state index in [0.29, 0.717) is 23.0 Å². The number of nitrogens with one attached hydrogen (secondary N) is 2. The van der Waals surface area contributed by atoms with Crippen molar-refractivity contribution in [3.8, 4) is 5.75 Å². The monoisotopic (exact) mass is 386 g/mol. The van der Waals surface area contributed by atoms with E-state index in [4.69, 9.17) is 0 Å². The number of H-pyrrole nitrogens is 1. The largest absolute Gasteiger partial charge is 0.435 e. The van der Waals surface area contributed by atoms with Crippen molar-refractivity contribution in [2.45, 2.75) is 50.4 Å². The summed E-state index contributed by atoms with van der Waals surface area (Å²) in [5.41, 5.74) is 0.816. The van der Waals surface area contributed by atoms with Gasteiger partial charge in [-0.15, -0.1) is 12.4 Å². The first-order valence-electron chi connectivity index (χ1n) is 8.47. The van der Waals surface area contributed by atoms with Crippen LogP contribution in [0.2, 0.25) is 0 Å². The molecule has 1 aromatic carbocycles. The molecule has 2 aliphatic rings. The van der Waals surface area contributed by atoms with E-state index in [0.717, 1.165) is 12.8 Å². The van der Waals surface area contributed by atoms with Gasteiger partial charge in [0, 0.05) is 23.5 Å². The summed E-state index contributed by atoms with van der Waals surface area (Å²) in [6.45, 7) is -2.91. The normalized spacial score (nSPS) is 25.3. The van der Waals surface area contributed by atoms with E-state index in [2.05, 4.69) is 32.2 Å². The number of rotatable bonds is 4. The van der Waals surface area contributed by atoms with Crippen LogP contribution in [0.5, 0.6) is 5.75 Å². The number of piperidine rings is 1. The Balaban J connectivity index is 0.00000196. The number of hydrogen-bond acceptors (Lipinski definition) is 4. The zero-order chi connectivity index (χ0) is 17.6. The third kappa shape index (κ3) is 3.48. The highest BCUT2D eigenvalue weighted by molar-refractivity contribution is 6.05. The Morgan fingerprint density at radius 2 is 2.04 bits per heavy atom. The van der Waals surface area contributed by atoms with Crippen molar-refractivity contribution in [2.24, 2.45) is 0 Å². The van der Waals surface area contributed by atoms with Crippen LogP contribution in [-0.4, -0.2) is 52.8 Å². The van der Waals surface area contributed by atoms with Crippen molar-refractivity contribution in [2.75, 3.05) is 7.05 Å². The number of aromatic nitrogens is 2. The number of hydrogen-bond donors (Lipinski definition) is 2. The Hall–Kier alpha value is -1.93. The third-order valence-corrected chi connectivity index (χ3v) is 5.41. The van der Waals surface area contributed by atoms with Gasteiger partial charge in [0.2, 0.25) is 0 Å². The summed E-state index contributed by atoms with van der Waals surface area (Å²) in [6.07, 6.45) is 4.21. The molecule has 2 aromatic rings. The Bertz CT molecular complexity index is 786. The highest BCUT2D eigenvalue weighted by atomic mass is 35.5. The average Bonchev–Trinajstić information content (AvgIpc) is 3.04. The number of benzene rings is 1. The van der Waals surface area contributed by atoms with Crippen LogP contribution >= 0.6 is 12.4 Å². The van der Waals surface area contributed by atoms with E-state index in [-0.39, 0.29) is 35.8 Å². The summed E-state index contributed by atoms with van der Waals surface area (Å²) in [6, 6.07) is 5.57. The maximum Gasteiger partial charge on any atom is 0.387 e. The molecule has 1 aromatic heterocycles. The summed E-state index contributed by atoms with van der Waals surface area (Å²) in [7, 11) is 2.14. The van der Waals surface area contributed by atoms with E-state index in [1.165, 1.54) is 25.0 Å². The summed E-state index contributed by atoms with van der Waals surface area (Å²) in [4.78, 5) is 15.0. The van der Waals surface area contributed by atoms with Crippen LogP contribution in [0.15, 0.2) is 18.2 Å². The van der Waals surface area contributed by atoms with Crippen LogP contribution in [0.1, 0.15) is 36.2 Å². The minimum absolute atomic E-state index is 0. The number of nitrogens with zero attached hydrogens (tertiary/aromatic N) is 2. The maximum absolute atomic E-state index is 12.6. The van der Waals surface area contributed by atoms with Gasteiger partial charge in [0.1, 0.15) is 5.75 Å². The number of aromatic amines is 1. The fourth-order valence-electron chi connectivity index (χ4n) is 4.13. The molecule has 142 valence electrons. The van der Waals surface area contributed by atoms with Crippen LogP contribution in [0, 0.1) is 0 Å². The van der Waals surface area contributed by atoms with E-state index in [1.54, 1.807) is 6.07 Å². The Labute approximate surface area is 155 Å². The molecule has 4 rings (SSSR count). The number of amides is 1. The predicted molar refractivity (Wildman–Crippen MR) is 95.0 cm³/mol. The lowest BCUT2D eigenvalue weighted by molar-refractivity contribution is -0.0497. The summed E-state index contributed by atoms with van der Waals surface area (Å²) in [5, 5.41) is 10.4. The minimum atomic E-state index is -2.91. The van der Waals surface area contributed by atoms with Gasteiger partial charge in [-0.05, 0) is 50.9 Å². The van der Waals surface area contributed by atoms with Crippen molar-refractivity contribution in [3.05, 3.63) is 23.9 Å². The first-order valence-corrected chi connectivity index (χ1v) is 8.47. The lowest BCUT2D eigenvalue weighted by atomic mass is 9.98. The highest BCUT2D eigenvalue weighted by Gasteiger charge is 2.39. The van der Waals surface area contributed by atoms with E-state index in [1.807, 2.05) is 0 Å². The second kappa shape index (κ2) is 7.36. The lowest BCUT2D eigenvalue weighted by Gasteiger charge is -2.36. The molecule has 2 fully saturated rings. The molecule has 2 atom stereocenters. The van der Waals surface area contributed by atoms with Gasteiger partial charge in [-0.25, -0.2) is 0 Å². The Morgan fingerprint density at radius 3 is 2.69 bits per heavy atom. The van der Waals surface area contributed by atoms with E-state index < -0.39 is 6.61 Å². The number of alkyl halides is 2. The standard InChI is InChI=1S/C17H20F2N4O2.ClH/c1-23-10-2-3-11(23)7-9(6-10)20-16(24)15-13-8-12(25-17(18)19)4-5-14(13)21-22-15;/h4-5,8-11,17H,2-3,6-7H2,1H3,(H,20,24)(H,21,22);1H. The van der Waals surface area contributed by atoms with E-state index >= 15 is 0 Å². The molecule has 0 spiro atoms. The molecule has 2 unspecified atom stereocenters. The molecule has 6 nitrogen and oxygen atoms in total. The van der Waals surface area contributed by atoms with Gasteiger partial charge >= 0.3 is 6.61 Å². The van der Waals surface area contributed by atoms with Crippen molar-refractivity contribution in [3.63, 3.8) is 0 Å². The molecule has 2 saturated heterocycles. The van der Waals surface area contributed by atoms with Crippen LogP contribution in [-0.2, 0) is 0 Å². The molecule has 0 radical (unpaired) electrons. The number of ether oxygens (including phenoxy) is 1. The molecule has 2 bridgehead atoms. The molecule has 0 saturated carbocycles. The molecule has 2 aliphatic heterocycles. The molecule has 2 N–H and O–H groups in total. The second-order valence-corrected chi connectivity index (χ2v) is 6.85. The number of carbonyl (C=O) groups excluding carboxylic acids is 1. The SMILES string of the molecule is CN1C2CCC1CC(NC(=O)c1n[nH]c3ccc(OC(F)F)cc13)C2.Cl. The lowest BCUT2D eigenvalue weighted by Crippen LogP contribution is -2.48. The molecule has 26 heavy (non-hydrogen) atoms. The Kier molecular flexibility index (Phi) is 5.34. The summed E-state index contributed by atoms with van der Waals surface area (Å²) < 4.78 is 29.2. The Morgan fingerprint density at radius 1 is 1.35 bits per heavy atom. The van der Waals surface area contributed by atoms with Crippen molar-refractivity contribution in [1.82, 2.24) is 20.4 Å². The minimum Gasteiger partial charge on any atom is -0.435 e. The van der Waals surface area contributed by atoms with Crippen LogP contribution in [0.4, 0.5) is 8.78 Å². The van der Waals surface area contributed by atoms with Gasteiger partial charge in [0.15, 0.2) is 5.69 Å². The van der Waals surface area contributed by atoms with Gasteiger partial charge in [0.05, 0.1) is 5.52 Å². The highest BCUT2D eigenvalue weighted by Crippen LogP contribution is 2.34. The molecular weight excluding hydrogens is 366 g/mol. The predicted octanol–water partition coefficient (Wildman–Crippen LogP) is 2.94. The number of fused-ring (bicyclic) bond motifs is 3. The molecular formula is C17H21ClF2N4O2. The van der Waals surface area contributed by atoms with Crippen LogP contribution in [0.25, 0.3) is 10.9 Å². The molecule has 1 amide bonds. The fourth-order valence-corrected chi connectivity index (χ4v) is 4.13. The number of carbonyl (C=O) groups is 1. The first-order chi connectivity index (χ1) is 12.0. The topological polar surface area (TPSA) is 70.2 Å². The van der Waals surface area contributed by atoms with Crippen LogP contribution < -0.4 is 10.1 Å². The molecule has 0 aliphatic carbocycles. The first kappa shape index (κ1) is 18.8. The van der Waals surface area contributed by atoms with Gasteiger partial charge in [-0.2, -0.15) is 13.9 Å². The maximum atomic E-state index is 12.6. The molecule has 3 heterocycles. The average molecular weight is 387 g/mol. The third-order valence-electron chi connectivity index (χ3n) is 5.41. The van der Waals surface area contributed by atoms with Gasteiger partial charge < -0.3 is 15.0 Å². The molecule has 9 heteroatoms. The zero-order valence-electron chi connectivity index (χ0n) is 14.2. The van der Waals surface area contributed by atoms with Gasteiger partial charge in [-0.1, -0.05) is 0 Å². The number of halogens is 3. The quantitative estimate of drug-likeness (QED) is 0.847. The van der Waals surface area contributed by atoms with Crippen molar-refractivity contribution >= 4 is 29.2 Å². The smallest absolute Gasteiger partial charge is 0.387 e. The fraction of sp³-hybridized carbons (Fsp3) is 0.529. The van der Waals surface area contributed by atoms with Gasteiger partial charge in [-0.3, -0.25) is 9.89 Å². The van der Waals surface area contributed by atoms with E-state index in [9.17, 15) is 13.6 Å². The van der Waals surface area contributed by atoms with Crippen LogP contribution in [0.3, 0.4) is 0 Å². The zero-order valence-corrected chi connectivity index (χ0v) is 15.1. The summed E-state index contributed by atoms with van der Waals surface area (Å²) >= 11 is 0. The van der Waals surface area contributed by atoms with Crippen molar-refractivity contribution in [1.29, 1.82) is 0 Å².